The Morgan fingerprint density at radius 1 is 1.08 bits per heavy atom. The molecule has 1 amide bonds. The molecule has 0 radical (unpaired) electrons. The number of halogens is 2. The molecule has 0 fully saturated rings. The molecule has 7 heteroatoms. The lowest BCUT2D eigenvalue weighted by Crippen LogP contribution is -2.32. The number of hydrogen-bond acceptors (Lipinski definition) is 4. The van der Waals surface area contributed by atoms with Gasteiger partial charge in [-0.05, 0) is 88.0 Å². The molecular formula is C19H20Br2N2O3. The molecule has 0 aliphatic rings. The molecule has 26 heavy (non-hydrogen) atoms. The van der Waals surface area contributed by atoms with Gasteiger partial charge in [-0.3, -0.25) is 4.79 Å². The summed E-state index contributed by atoms with van der Waals surface area (Å²) in [5.41, 5.74) is 3.81. The number of rotatable bonds is 5. The Bertz CT molecular complexity index is 830. The van der Waals surface area contributed by atoms with Crippen LogP contribution >= 0.6 is 31.9 Å². The molecule has 2 aromatic rings. The van der Waals surface area contributed by atoms with Gasteiger partial charge in [-0.15, -0.1) is 0 Å². The van der Waals surface area contributed by atoms with Crippen LogP contribution in [0.5, 0.6) is 0 Å². The molecule has 2 N–H and O–H groups in total. The lowest BCUT2D eigenvalue weighted by molar-refractivity contribution is -0.116. The SMILES string of the molecule is COC(=O)c1ccc(C)c(NC(C)C(=O)Nc2c(Br)cc(C)cc2Br)c1. The normalized spacial score (nSPS) is 11.6. The molecule has 1 unspecified atom stereocenters. The number of nitrogens with one attached hydrogen (secondary N) is 2. The smallest absolute Gasteiger partial charge is 0.337 e. The van der Waals surface area contributed by atoms with Gasteiger partial charge in [-0.25, -0.2) is 4.79 Å². The van der Waals surface area contributed by atoms with E-state index in [1.54, 1.807) is 19.1 Å². The van der Waals surface area contributed by atoms with E-state index < -0.39 is 12.0 Å². The fourth-order valence-corrected chi connectivity index (χ4v) is 3.99. The first-order valence-electron chi connectivity index (χ1n) is 7.95. The number of carbonyl (C=O) groups excluding carboxylic acids is 2. The first-order chi connectivity index (χ1) is 12.2. The third kappa shape index (κ3) is 4.86. The number of esters is 1. The number of methoxy groups -OCH3 is 1. The van der Waals surface area contributed by atoms with Gasteiger partial charge in [0.2, 0.25) is 5.91 Å². The van der Waals surface area contributed by atoms with Gasteiger partial charge in [0.1, 0.15) is 6.04 Å². The molecule has 0 aliphatic heterocycles. The van der Waals surface area contributed by atoms with Gasteiger partial charge in [0.25, 0.3) is 0 Å². The Morgan fingerprint density at radius 3 is 2.27 bits per heavy atom. The molecule has 0 spiro atoms. The zero-order valence-corrected chi connectivity index (χ0v) is 18.1. The number of hydrogen-bond donors (Lipinski definition) is 2. The second-order valence-corrected chi connectivity index (χ2v) is 7.69. The van der Waals surface area contributed by atoms with E-state index in [1.807, 2.05) is 32.0 Å². The monoisotopic (exact) mass is 482 g/mol. The van der Waals surface area contributed by atoms with Crippen molar-refractivity contribution in [1.82, 2.24) is 0 Å². The molecule has 5 nitrogen and oxygen atoms in total. The predicted octanol–water partition coefficient (Wildman–Crippen LogP) is 5.05. The zero-order chi connectivity index (χ0) is 19.4. The average molecular weight is 484 g/mol. The van der Waals surface area contributed by atoms with Crippen LogP contribution in [0.4, 0.5) is 11.4 Å². The van der Waals surface area contributed by atoms with E-state index >= 15 is 0 Å². The van der Waals surface area contributed by atoms with Crippen LogP contribution in [0.25, 0.3) is 0 Å². The van der Waals surface area contributed by atoms with Crippen molar-refractivity contribution < 1.29 is 14.3 Å². The van der Waals surface area contributed by atoms with Gasteiger partial charge in [-0.1, -0.05) is 6.07 Å². The molecule has 0 saturated carbocycles. The van der Waals surface area contributed by atoms with Crippen LogP contribution in [0.1, 0.15) is 28.4 Å². The fraction of sp³-hybridized carbons (Fsp3) is 0.263. The van der Waals surface area contributed by atoms with E-state index in [2.05, 4.69) is 42.5 Å². The highest BCUT2D eigenvalue weighted by molar-refractivity contribution is 9.11. The fourth-order valence-electron chi connectivity index (χ4n) is 2.37. The number of aryl methyl sites for hydroxylation is 2. The highest BCUT2D eigenvalue weighted by Gasteiger charge is 2.18. The van der Waals surface area contributed by atoms with Crippen LogP contribution in [0.15, 0.2) is 39.3 Å². The second-order valence-electron chi connectivity index (χ2n) is 5.98. The Labute approximate surface area is 169 Å². The maximum atomic E-state index is 12.6. The lowest BCUT2D eigenvalue weighted by atomic mass is 10.1. The van der Waals surface area contributed by atoms with Crippen LogP contribution in [-0.4, -0.2) is 25.0 Å². The van der Waals surface area contributed by atoms with E-state index in [4.69, 9.17) is 4.74 Å². The zero-order valence-electron chi connectivity index (χ0n) is 14.9. The summed E-state index contributed by atoms with van der Waals surface area (Å²) < 4.78 is 6.34. The highest BCUT2D eigenvalue weighted by atomic mass is 79.9. The number of carbonyl (C=O) groups is 2. The third-order valence-corrected chi connectivity index (χ3v) is 5.11. The maximum Gasteiger partial charge on any atom is 0.337 e. The molecule has 0 bridgehead atoms. The quantitative estimate of drug-likeness (QED) is 0.583. The van der Waals surface area contributed by atoms with Gasteiger partial charge in [0, 0.05) is 14.6 Å². The molecule has 0 aromatic heterocycles. The Kier molecular flexibility index (Phi) is 6.83. The van der Waals surface area contributed by atoms with Gasteiger partial charge in [0.15, 0.2) is 0 Å². The predicted molar refractivity (Wildman–Crippen MR) is 111 cm³/mol. The minimum atomic E-state index is -0.512. The van der Waals surface area contributed by atoms with Crippen molar-refractivity contribution in [1.29, 1.82) is 0 Å². The highest BCUT2D eigenvalue weighted by Crippen LogP contribution is 2.32. The van der Waals surface area contributed by atoms with Crippen LogP contribution in [0, 0.1) is 13.8 Å². The number of anilines is 2. The minimum absolute atomic E-state index is 0.196. The third-order valence-electron chi connectivity index (χ3n) is 3.86. The number of ether oxygens (including phenoxy) is 1. The van der Waals surface area contributed by atoms with Crippen LogP contribution in [0.3, 0.4) is 0 Å². The van der Waals surface area contributed by atoms with Crippen molar-refractivity contribution in [3.05, 3.63) is 56.0 Å². The summed E-state index contributed by atoms with van der Waals surface area (Å²) in [5, 5.41) is 6.06. The molecule has 138 valence electrons. The first kappa shape index (κ1) is 20.5. The van der Waals surface area contributed by atoms with Crippen molar-refractivity contribution in [3.8, 4) is 0 Å². The summed E-state index contributed by atoms with van der Waals surface area (Å²) in [6, 6.07) is 8.54. The summed E-state index contributed by atoms with van der Waals surface area (Å²) in [4.78, 5) is 24.3. The molecule has 0 aliphatic carbocycles. The summed E-state index contributed by atoms with van der Waals surface area (Å²) in [7, 11) is 1.34. The number of benzene rings is 2. The largest absolute Gasteiger partial charge is 0.465 e. The topological polar surface area (TPSA) is 67.4 Å². The second kappa shape index (κ2) is 8.68. The Morgan fingerprint density at radius 2 is 1.69 bits per heavy atom. The van der Waals surface area contributed by atoms with Crippen LogP contribution in [0.2, 0.25) is 0 Å². The van der Waals surface area contributed by atoms with Crippen molar-refractivity contribution in [2.24, 2.45) is 0 Å². The number of amides is 1. The lowest BCUT2D eigenvalue weighted by Gasteiger charge is -2.19. The molecule has 0 heterocycles. The molecule has 1 atom stereocenters. The van der Waals surface area contributed by atoms with E-state index in [1.165, 1.54) is 7.11 Å². The molecule has 0 saturated heterocycles. The summed E-state index contributed by atoms with van der Waals surface area (Å²) in [6.07, 6.45) is 0. The van der Waals surface area contributed by atoms with Gasteiger partial charge < -0.3 is 15.4 Å². The molecule has 2 rings (SSSR count). The Balaban J connectivity index is 2.16. The van der Waals surface area contributed by atoms with E-state index in [9.17, 15) is 9.59 Å². The van der Waals surface area contributed by atoms with Crippen molar-refractivity contribution in [2.45, 2.75) is 26.8 Å². The van der Waals surface area contributed by atoms with Gasteiger partial charge >= 0.3 is 5.97 Å². The van der Waals surface area contributed by atoms with E-state index in [0.29, 0.717) is 16.9 Å². The summed E-state index contributed by atoms with van der Waals surface area (Å²) in [6.45, 7) is 5.64. The van der Waals surface area contributed by atoms with Crippen molar-refractivity contribution in [2.75, 3.05) is 17.7 Å². The van der Waals surface area contributed by atoms with Crippen molar-refractivity contribution >= 4 is 55.1 Å². The standard InChI is InChI=1S/C19H20Br2N2O3/c1-10-7-14(20)17(15(21)8-10)23-18(24)12(3)22-16-9-13(19(25)26-4)6-5-11(16)2/h5-9,12,22H,1-4H3,(H,23,24). The van der Waals surface area contributed by atoms with E-state index in [-0.39, 0.29) is 5.91 Å². The summed E-state index contributed by atoms with van der Waals surface area (Å²) >= 11 is 6.94. The van der Waals surface area contributed by atoms with Crippen molar-refractivity contribution in [3.63, 3.8) is 0 Å². The van der Waals surface area contributed by atoms with E-state index in [0.717, 1.165) is 20.1 Å². The van der Waals surface area contributed by atoms with Crippen LogP contribution < -0.4 is 10.6 Å². The first-order valence-corrected chi connectivity index (χ1v) is 9.53. The van der Waals surface area contributed by atoms with Crippen LogP contribution in [-0.2, 0) is 9.53 Å². The van der Waals surface area contributed by atoms with Gasteiger partial charge in [0.05, 0.1) is 18.4 Å². The minimum Gasteiger partial charge on any atom is -0.465 e. The van der Waals surface area contributed by atoms with Gasteiger partial charge in [-0.2, -0.15) is 0 Å². The average Bonchev–Trinajstić information content (AvgIpc) is 2.58. The molecule has 2 aromatic carbocycles. The molecular weight excluding hydrogens is 464 g/mol. The maximum absolute atomic E-state index is 12.6. The summed E-state index contributed by atoms with van der Waals surface area (Å²) in [5.74, 6) is -0.615. The Hall–Kier alpha value is -1.86.